The van der Waals surface area contributed by atoms with Crippen molar-refractivity contribution < 1.29 is 9.32 Å². The van der Waals surface area contributed by atoms with Crippen LogP contribution in [-0.4, -0.2) is 24.6 Å². The van der Waals surface area contributed by atoms with Crippen LogP contribution in [0.25, 0.3) is 0 Å². The molecule has 1 aliphatic heterocycles. The van der Waals surface area contributed by atoms with Crippen LogP contribution in [0.3, 0.4) is 0 Å². The Bertz CT molecular complexity index is 181. The summed E-state index contributed by atoms with van der Waals surface area (Å²) >= 11 is 0. The number of rotatable bonds is 3. The van der Waals surface area contributed by atoms with Gasteiger partial charge in [0.25, 0.3) is 0 Å². The molecule has 0 bridgehead atoms. The Kier molecular flexibility index (Phi) is 5.62. The highest BCUT2D eigenvalue weighted by Gasteiger charge is 2.23. The summed E-state index contributed by atoms with van der Waals surface area (Å²) in [5.74, 6) is 0.0631. The van der Waals surface area contributed by atoms with Gasteiger partial charge in [-0.3, -0.25) is 9.88 Å². The van der Waals surface area contributed by atoms with Crippen LogP contribution in [0.2, 0.25) is 0 Å². The molecule has 1 saturated heterocycles. The lowest BCUT2D eigenvalue weighted by atomic mass is 10.1. The van der Waals surface area contributed by atoms with Crippen LogP contribution < -0.4 is 10.4 Å². The largest absolute Gasteiger partial charge is 0.353 e. The maximum Gasteiger partial charge on any atom is 0.237 e. The third-order valence-corrected chi connectivity index (χ3v) is 3.31. The van der Waals surface area contributed by atoms with Crippen LogP contribution in [-0.2, 0) is 9.32 Å². The summed E-state index contributed by atoms with van der Waals surface area (Å²) in [6.45, 7) is 0.628. The maximum atomic E-state index is 11.3. The summed E-state index contributed by atoms with van der Waals surface area (Å²) in [6.07, 6.45) is 1.92. The Morgan fingerprint density at radius 1 is 1.62 bits per heavy atom. The van der Waals surface area contributed by atoms with Crippen LogP contribution in [0.4, 0.5) is 0 Å². The minimum absolute atomic E-state index is 0.0631. The summed E-state index contributed by atoms with van der Waals surface area (Å²) in [4.78, 5) is 11.3. The zero-order valence-corrected chi connectivity index (χ0v) is 10.6. The minimum Gasteiger partial charge on any atom is -0.353 e. The van der Waals surface area contributed by atoms with E-state index in [9.17, 15) is 4.79 Å². The van der Waals surface area contributed by atoms with E-state index in [1.54, 1.807) is 0 Å². The van der Waals surface area contributed by atoms with E-state index < -0.39 is 0 Å². The van der Waals surface area contributed by atoms with Crippen molar-refractivity contribution in [2.75, 3.05) is 6.54 Å². The first-order valence-corrected chi connectivity index (χ1v) is 7.42. The number of amides is 1. The molecule has 1 aliphatic rings. The SMILES string of the molecule is O=C1NCC(OPP)CCC1NP. The van der Waals surface area contributed by atoms with Crippen molar-refractivity contribution >= 4 is 32.7 Å². The number of nitrogens with one attached hydrogen (secondary N) is 2. The van der Waals surface area contributed by atoms with Crippen molar-refractivity contribution in [2.45, 2.75) is 25.0 Å². The van der Waals surface area contributed by atoms with Gasteiger partial charge in [0.2, 0.25) is 5.91 Å². The van der Waals surface area contributed by atoms with Crippen molar-refractivity contribution in [3.05, 3.63) is 0 Å². The Morgan fingerprint density at radius 3 is 3.00 bits per heavy atom. The van der Waals surface area contributed by atoms with E-state index in [0.29, 0.717) is 15.0 Å². The highest BCUT2D eigenvalue weighted by molar-refractivity contribution is 8.00. The Labute approximate surface area is 84.5 Å². The van der Waals surface area contributed by atoms with Gasteiger partial charge in [0.1, 0.15) is 0 Å². The molecule has 1 amide bonds. The average Bonchev–Trinajstić information content (AvgIpc) is 2.30. The summed E-state index contributed by atoms with van der Waals surface area (Å²) in [7, 11) is 5.33. The molecular formula is C6H15N2O2P3. The molecule has 7 heteroatoms. The van der Waals surface area contributed by atoms with Crippen molar-refractivity contribution in [3.8, 4) is 0 Å². The quantitative estimate of drug-likeness (QED) is 0.702. The smallest absolute Gasteiger partial charge is 0.237 e. The third-order valence-electron chi connectivity index (χ3n) is 2.03. The first kappa shape index (κ1) is 11.8. The normalized spacial score (nSPS) is 30.5. The second-order valence-corrected chi connectivity index (χ2v) is 4.41. The molecule has 0 spiro atoms. The number of hydrogen-bond acceptors (Lipinski definition) is 3. The average molecular weight is 240 g/mol. The van der Waals surface area contributed by atoms with E-state index in [1.165, 1.54) is 0 Å². The van der Waals surface area contributed by atoms with Gasteiger partial charge in [-0.2, -0.15) is 0 Å². The minimum atomic E-state index is -0.0913. The molecule has 0 saturated carbocycles. The predicted molar refractivity (Wildman–Crippen MR) is 61.8 cm³/mol. The van der Waals surface area contributed by atoms with E-state index in [2.05, 4.69) is 28.7 Å². The van der Waals surface area contributed by atoms with Crippen LogP contribution in [0.5, 0.6) is 0 Å². The van der Waals surface area contributed by atoms with E-state index in [4.69, 9.17) is 4.52 Å². The molecule has 1 rings (SSSR count). The lowest BCUT2D eigenvalue weighted by Gasteiger charge is -2.12. The molecule has 0 aromatic carbocycles. The van der Waals surface area contributed by atoms with Crippen LogP contribution in [0.1, 0.15) is 12.8 Å². The fourth-order valence-electron chi connectivity index (χ4n) is 1.28. The fourth-order valence-corrected chi connectivity index (χ4v) is 2.57. The first-order chi connectivity index (χ1) is 6.27. The van der Waals surface area contributed by atoms with E-state index >= 15 is 0 Å². The van der Waals surface area contributed by atoms with Gasteiger partial charge in [-0.25, -0.2) is 0 Å². The zero-order valence-electron chi connectivity index (χ0n) is 7.25. The highest BCUT2D eigenvalue weighted by Crippen LogP contribution is 2.26. The topological polar surface area (TPSA) is 50.4 Å². The molecule has 5 unspecified atom stereocenters. The van der Waals surface area contributed by atoms with Crippen molar-refractivity contribution in [1.29, 1.82) is 0 Å². The lowest BCUT2D eigenvalue weighted by molar-refractivity contribution is -0.122. The Morgan fingerprint density at radius 2 is 2.38 bits per heavy atom. The third kappa shape index (κ3) is 3.73. The molecule has 0 aromatic heterocycles. The molecule has 4 nitrogen and oxygen atoms in total. The molecule has 0 aromatic rings. The van der Waals surface area contributed by atoms with Gasteiger partial charge in [0, 0.05) is 15.0 Å². The molecule has 1 fully saturated rings. The molecule has 13 heavy (non-hydrogen) atoms. The van der Waals surface area contributed by atoms with Gasteiger partial charge < -0.3 is 9.84 Å². The van der Waals surface area contributed by atoms with Gasteiger partial charge in [0.15, 0.2) is 0 Å². The maximum absolute atomic E-state index is 11.3. The van der Waals surface area contributed by atoms with Crippen molar-refractivity contribution in [1.82, 2.24) is 10.4 Å². The second kappa shape index (κ2) is 6.22. The zero-order chi connectivity index (χ0) is 9.68. The molecular weight excluding hydrogens is 225 g/mol. The lowest BCUT2D eigenvalue weighted by Crippen LogP contribution is -2.39. The molecule has 76 valence electrons. The van der Waals surface area contributed by atoms with Crippen LogP contribution in [0, 0.1) is 0 Å². The van der Waals surface area contributed by atoms with Gasteiger partial charge in [0.05, 0.1) is 12.1 Å². The van der Waals surface area contributed by atoms with E-state index in [1.807, 2.05) is 0 Å². The standard InChI is InChI=1S/C6H15N2O2P3/c9-6-5(8-11)2-1-4(3-7-6)10-13-12/h4-5,8,13H,1-3,11-12H2,(H,7,9). The highest BCUT2D eigenvalue weighted by atomic mass is 32.0. The molecule has 1 heterocycles. The molecule has 0 aliphatic carbocycles. The van der Waals surface area contributed by atoms with Gasteiger partial charge in [-0.05, 0) is 12.8 Å². The first-order valence-electron chi connectivity index (χ1n) is 4.13. The van der Waals surface area contributed by atoms with Crippen LogP contribution >= 0.6 is 26.8 Å². The number of carbonyl (C=O) groups is 1. The van der Waals surface area contributed by atoms with E-state index in [-0.39, 0.29) is 18.1 Å². The molecule has 5 atom stereocenters. The van der Waals surface area contributed by atoms with Crippen LogP contribution in [0.15, 0.2) is 0 Å². The Hall–Kier alpha value is 0.680. The summed E-state index contributed by atoms with van der Waals surface area (Å²) in [5, 5.41) is 5.74. The van der Waals surface area contributed by atoms with Gasteiger partial charge in [-0.1, -0.05) is 18.3 Å². The monoisotopic (exact) mass is 240 g/mol. The van der Waals surface area contributed by atoms with E-state index in [0.717, 1.165) is 12.8 Å². The van der Waals surface area contributed by atoms with Gasteiger partial charge >= 0.3 is 0 Å². The fraction of sp³-hybridized carbons (Fsp3) is 0.833. The van der Waals surface area contributed by atoms with Gasteiger partial charge in [-0.15, -0.1) is 0 Å². The second-order valence-electron chi connectivity index (χ2n) is 2.90. The number of hydrogen-bond donors (Lipinski definition) is 2. The van der Waals surface area contributed by atoms with Crippen molar-refractivity contribution in [2.24, 2.45) is 0 Å². The summed E-state index contributed by atoms with van der Waals surface area (Å²) < 4.78 is 5.45. The predicted octanol–water partition coefficient (Wildman–Crippen LogP) is 0.413. The Balaban J connectivity index is 2.41. The molecule has 2 N–H and O–H groups in total. The van der Waals surface area contributed by atoms with Crippen molar-refractivity contribution in [3.63, 3.8) is 0 Å². The summed E-state index contributed by atoms with van der Waals surface area (Å²) in [6, 6.07) is -0.0913. The summed E-state index contributed by atoms with van der Waals surface area (Å²) in [5.41, 5.74) is 0. The number of carbonyl (C=O) groups excluding carboxylic acids is 1. The molecule has 0 radical (unpaired) electrons.